The number of imidazole rings is 1. The fraction of sp³-hybridized carbons (Fsp3) is 0.323. The minimum Gasteiger partial charge on any atom is -0.403 e. The van der Waals surface area contributed by atoms with Gasteiger partial charge in [0.2, 0.25) is 5.89 Å². The van der Waals surface area contributed by atoms with E-state index >= 15 is 0 Å². The van der Waals surface area contributed by atoms with Crippen molar-refractivity contribution in [3.05, 3.63) is 77.6 Å². The smallest absolute Gasteiger partial charge is 0.318 e. The third kappa shape index (κ3) is 5.18. The summed E-state index contributed by atoms with van der Waals surface area (Å²) >= 11 is 0. The molecule has 0 fully saturated rings. The van der Waals surface area contributed by atoms with Crippen molar-refractivity contribution in [3.8, 4) is 33.8 Å². The molecule has 0 saturated heterocycles. The Kier molecular flexibility index (Phi) is 7.11. The second-order valence-corrected chi connectivity index (χ2v) is 11.1. The predicted octanol–water partition coefficient (Wildman–Crippen LogP) is 4.77. The molecule has 0 N–H and O–H groups in total. The number of aryl methyl sites for hydroxylation is 3. The van der Waals surface area contributed by atoms with E-state index in [0.717, 1.165) is 69.2 Å². The summed E-state index contributed by atoms with van der Waals surface area (Å²) < 4.78 is 12.1. The number of anilines is 1. The normalized spacial score (nSPS) is 11.7. The molecule has 0 spiro atoms. The Morgan fingerprint density at radius 2 is 1.76 bits per heavy atom. The van der Waals surface area contributed by atoms with E-state index in [2.05, 4.69) is 93.2 Å². The van der Waals surface area contributed by atoms with E-state index in [-0.39, 0.29) is 0 Å². The number of rotatable bonds is 9. The number of hydrogen-bond acceptors (Lipinski definition) is 8. The number of hydrogen-bond donors (Lipinski definition) is 0. The Hall–Kier alpha value is -4.77. The molecule has 0 aliphatic carbocycles. The third-order valence-corrected chi connectivity index (χ3v) is 7.69. The van der Waals surface area contributed by atoms with E-state index < -0.39 is 0 Å². The van der Waals surface area contributed by atoms with Crippen LogP contribution in [-0.4, -0.2) is 71.7 Å². The lowest BCUT2D eigenvalue weighted by Gasteiger charge is -2.14. The van der Waals surface area contributed by atoms with Gasteiger partial charge in [0.25, 0.3) is 0 Å². The van der Waals surface area contributed by atoms with Crippen molar-refractivity contribution < 1.29 is 4.42 Å². The van der Waals surface area contributed by atoms with Gasteiger partial charge >= 0.3 is 6.01 Å². The van der Waals surface area contributed by atoms with Crippen LogP contribution in [0.4, 0.5) is 6.01 Å². The predicted molar refractivity (Wildman–Crippen MR) is 163 cm³/mol. The molecule has 216 valence electrons. The SMILES string of the molecule is Cc1cc(-c2c(C)nn(C)c2C)ccc1-c1nnc(N(C)Cc2ccc3ncc(-c4cnn(CCN(C)C)c4)n3c2)o1. The van der Waals surface area contributed by atoms with Gasteiger partial charge in [0, 0.05) is 62.0 Å². The molecule has 42 heavy (non-hydrogen) atoms. The summed E-state index contributed by atoms with van der Waals surface area (Å²) in [6.07, 6.45) is 7.96. The summed E-state index contributed by atoms with van der Waals surface area (Å²) in [7, 11) is 8.05. The van der Waals surface area contributed by atoms with Crippen LogP contribution in [0.25, 0.3) is 39.5 Å². The van der Waals surface area contributed by atoms with Gasteiger partial charge < -0.3 is 14.2 Å². The summed E-state index contributed by atoms with van der Waals surface area (Å²) in [4.78, 5) is 8.70. The van der Waals surface area contributed by atoms with E-state index in [4.69, 9.17) is 4.42 Å². The van der Waals surface area contributed by atoms with Gasteiger partial charge in [-0.1, -0.05) is 23.3 Å². The maximum Gasteiger partial charge on any atom is 0.318 e. The highest BCUT2D eigenvalue weighted by Gasteiger charge is 2.18. The first-order valence-electron chi connectivity index (χ1n) is 14.0. The van der Waals surface area contributed by atoms with Crippen molar-refractivity contribution in [2.45, 2.75) is 33.9 Å². The molecule has 0 amide bonds. The van der Waals surface area contributed by atoms with E-state index in [1.54, 1.807) is 0 Å². The van der Waals surface area contributed by atoms with Crippen LogP contribution < -0.4 is 4.90 Å². The Labute approximate surface area is 245 Å². The summed E-state index contributed by atoms with van der Waals surface area (Å²) in [5.74, 6) is 0.499. The first-order valence-corrected chi connectivity index (χ1v) is 14.0. The number of aromatic nitrogens is 8. The van der Waals surface area contributed by atoms with Crippen LogP contribution >= 0.6 is 0 Å². The zero-order valence-electron chi connectivity index (χ0n) is 25.2. The maximum absolute atomic E-state index is 6.14. The van der Waals surface area contributed by atoms with Gasteiger partial charge in [-0.3, -0.25) is 13.8 Å². The highest BCUT2D eigenvalue weighted by Crippen LogP contribution is 2.32. The van der Waals surface area contributed by atoms with Gasteiger partial charge in [-0.05, 0) is 63.7 Å². The monoisotopic (exact) mass is 564 g/mol. The van der Waals surface area contributed by atoms with E-state index in [1.807, 2.05) is 59.8 Å². The standard InChI is InChI=1S/C31H36N10O/c1-20-14-24(29-21(2)36-39(7)22(29)3)9-10-26(20)30-34-35-31(42-30)38(6)17-23-8-11-28-32-16-27(41(28)18-23)25-15-33-40(19-25)13-12-37(4)5/h8-11,14-16,18-19H,12-13,17H2,1-7H3. The highest BCUT2D eigenvalue weighted by molar-refractivity contribution is 5.73. The van der Waals surface area contributed by atoms with E-state index in [0.29, 0.717) is 18.5 Å². The Balaban J connectivity index is 1.20. The number of nitrogens with zero attached hydrogens (tertiary/aromatic N) is 10. The second-order valence-electron chi connectivity index (χ2n) is 11.1. The number of fused-ring (bicyclic) bond motifs is 1. The lowest BCUT2D eigenvalue weighted by atomic mass is 9.98. The van der Waals surface area contributed by atoms with Crippen molar-refractivity contribution in [3.63, 3.8) is 0 Å². The van der Waals surface area contributed by atoms with Crippen molar-refractivity contribution >= 4 is 11.7 Å². The molecule has 5 heterocycles. The minimum absolute atomic E-state index is 0.459. The van der Waals surface area contributed by atoms with Crippen LogP contribution in [0.2, 0.25) is 0 Å². The molecule has 0 bridgehead atoms. The summed E-state index contributed by atoms with van der Waals surface area (Å²) in [6, 6.07) is 10.9. The number of benzene rings is 1. The fourth-order valence-electron chi connectivity index (χ4n) is 5.32. The maximum atomic E-state index is 6.14. The zero-order chi connectivity index (χ0) is 29.5. The minimum atomic E-state index is 0.459. The highest BCUT2D eigenvalue weighted by atomic mass is 16.4. The van der Waals surface area contributed by atoms with E-state index in [1.165, 1.54) is 0 Å². The summed E-state index contributed by atoms with van der Waals surface area (Å²) in [5, 5.41) is 17.8. The Morgan fingerprint density at radius 3 is 2.50 bits per heavy atom. The van der Waals surface area contributed by atoms with Gasteiger partial charge in [0.05, 0.1) is 30.3 Å². The molecule has 11 nitrogen and oxygen atoms in total. The lowest BCUT2D eigenvalue weighted by molar-refractivity contribution is 0.373. The lowest BCUT2D eigenvalue weighted by Crippen LogP contribution is -2.18. The van der Waals surface area contributed by atoms with Crippen molar-refractivity contribution in [2.75, 3.05) is 32.6 Å². The van der Waals surface area contributed by atoms with Gasteiger partial charge in [0.1, 0.15) is 5.65 Å². The molecular weight excluding hydrogens is 528 g/mol. The zero-order valence-corrected chi connectivity index (χ0v) is 25.2. The Bertz CT molecular complexity index is 1870. The second kappa shape index (κ2) is 10.9. The molecule has 6 rings (SSSR count). The summed E-state index contributed by atoms with van der Waals surface area (Å²) in [6.45, 7) is 8.55. The molecule has 11 heteroatoms. The largest absolute Gasteiger partial charge is 0.403 e. The molecule has 0 radical (unpaired) electrons. The molecule has 6 aromatic rings. The molecule has 0 saturated carbocycles. The third-order valence-electron chi connectivity index (χ3n) is 7.69. The van der Waals surface area contributed by atoms with Crippen molar-refractivity contribution in [1.82, 2.24) is 44.0 Å². The molecule has 0 aliphatic heterocycles. The molecule has 0 unspecified atom stereocenters. The van der Waals surface area contributed by atoms with Crippen LogP contribution in [0.3, 0.4) is 0 Å². The molecular formula is C31H36N10O. The topological polar surface area (TPSA) is 98.3 Å². The van der Waals surface area contributed by atoms with E-state index in [9.17, 15) is 0 Å². The number of pyridine rings is 1. The van der Waals surface area contributed by atoms with Crippen molar-refractivity contribution in [1.29, 1.82) is 0 Å². The number of likely N-dealkylation sites (N-methyl/N-ethyl adjacent to an activating group) is 1. The quantitative estimate of drug-likeness (QED) is 0.248. The van der Waals surface area contributed by atoms with Gasteiger partial charge in [-0.15, -0.1) is 5.10 Å². The van der Waals surface area contributed by atoms with Gasteiger partial charge in [0.15, 0.2) is 0 Å². The van der Waals surface area contributed by atoms with Crippen LogP contribution in [0.1, 0.15) is 22.5 Å². The molecule has 5 aromatic heterocycles. The van der Waals surface area contributed by atoms with Gasteiger partial charge in [-0.25, -0.2) is 4.98 Å². The Morgan fingerprint density at radius 1 is 0.929 bits per heavy atom. The van der Waals surface area contributed by atoms with Crippen LogP contribution in [-0.2, 0) is 20.1 Å². The average Bonchev–Trinajstić information content (AvgIpc) is 3.74. The van der Waals surface area contributed by atoms with Crippen LogP contribution in [0.15, 0.2) is 59.5 Å². The van der Waals surface area contributed by atoms with Crippen LogP contribution in [0, 0.1) is 20.8 Å². The fourth-order valence-corrected chi connectivity index (χ4v) is 5.32. The summed E-state index contributed by atoms with van der Waals surface area (Å²) in [5.41, 5.74) is 10.4. The first-order chi connectivity index (χ1) is 20.2. The van der Waals surface area contributed by atoms with Gasteiger partial charge in [-0.2, -0.15) is 10.2 Å². The molecule has 0 aliphatic rings. The average molecular weight is 565 g/mol. The van der Waals surface area contributed by atoms with Crippen molar-refractivity contribution in [2.24, 2.45) is 7.05 Å². The van der Waals surface area contributed by atoms with Crippen LogP contribution in [0.5, 0.6) is 0 Å². The molecule has 1 aromatic carbocycles. The molecule has 0 atom stereocenters. The first kappa shape index (κ1) is 27.4.